The van der Waals surface area contributed by atoms with E-state index in [1.54, 1.807) is 0 Å². The average Bonchev–Trinajstić information content (AvgIpc) is 3.00. The van der Waals surface area contributed by atoms with E-state index in [0.717, 1.165) is 55.8 Å². The van der Waals surface area contributed by atoms with E-state index in [0.29, 0.717) is 17.1 Å². The van der Waals surface area contributed by atoms with Crippen LogP contribution in [-0.2, 0) is 4.79 Å². The molecule has 0 heterocycles. The summed E-state index contributed by atoms with van der Waals surface area (Å²) in [5, 5.41) is 11.5. The number of aliphatic hydroxyl groups is 1. The van der Waals surface area contributed by atoms with Gasteiger partial charge in [0.25, 0.3) is 0 Å². The molecule has 0 aliphatic heterocycles. The second kappa shape index (κ2) is 7.50. The molecule has 0 amide bonds. The predicted octanol–water partition coefficient (Wildman–Crippen LogP) is 6.71. The fraction of sp³-hybridized carbons (Fsp3) is 0.889. The smallest absolute Gasteiger partial charge is 0.155 e. The van der Waals surface area contributed by atoms with E-state index in [1.807, 2.05) is 6.08 Å². The fourth-order valence-electron chi connectivity index (χ4n) is 8.62. The number of hydrogen-bond donors (Lipinski definition) is 1. The van der Waals surface area contributed by atoms with Gasteiger partial charge in [0.1, 0.15) is 0 Å². The molecule has 29 heavy (non-hydrogen) atoms. The maximum absolute atomic E-state index is 12.0. The molecule has 0 saturated heterocycles. The van der Waals surface area contributed by atoms with Crippen molar-refractivity contribution >= 4 is 5.78 Å². The van der Waals surface area contributed by atoms with Gasteiger partial charge in [0.15, 0.2) is 5.78 Å². The summed E-state index contributed by atoms with van der Waals surface area (Å²) in [6.45, 7) is 11.7. The Hall–Kier alpha value is -0.630. The molecule has 4 rings (SSSR count). The lowest BCUT2D eigenvalue weighted by Gasteiger charge is -2.59. The summed E-state index contributed by atoms with van der Waals surface area (Å²) in [5.41, 5.74) is 1.50. The van der Waals surface area contributed by atoms with Crippen LogP contribution in [0.5, 0.6) is 0 Å². The topological polar surface area (TPSA) is 37.3 Å². The van der Waals surface area contributed by atoms with Gasteiger partial charge < -0.3 is 5.11 Å². The van der Waals surface area contributed by atoms with Gasteiger partial charge in [0.05, 0.1) is 5.60 Å². The van der Waals surface area contributed by atoms with Crippen molar-refractivity contribution < 1.29 is 9.90 Å². The molecule has 0 bridgehead atoms. The molecule has 0 aromatic rings. The van der Waals surface area contributed by atoms with E-state index in [4.69, 9.17) is 0 Å². The molecule has 7 unspecified atom stereocenters. The standard InChI is InChI=1S/C27H44O2/c1-18(2)7-6-14-27(5,29)24-11-10-22-21-9-8-19-17-20(28)12-15-25(19,3)23(21)13-16-26(22,24)4/h17-18,21-24,29H,6-16H2,1-5H3. The van der Waals surface area contributed by atoms with E-state index in [9.17, 15) is 9.90 Å². The van der Waals surface area contributed by atoms with Crippen LogP contribution < -0.4 is 0 Å². The van der Waals surface area contributed by atoms with Crippen molar-refractivity contribution in [2.24, 2.45) is 40.4 Å². The number of rotatable bonds is 5. The van der Waals surface area contributed by atoms with Crippen LogP contribution in [0.2, 0.25) is 0 Å². The maximum Gasteiger partial charge on any atom is 0.155 e. The summed E-state index contributed by atoms with van der Waals surface area (Å²) in [4.78, 5) is 12.0. The molecule has 2 nitrogen and oxygen atoms in total. The molecule has 164 valence electrons. The first kappa shape index (κ1) is 21.6. The Morgan fingerprint density at radius 1 is 1.10 bits per heavy atom. The number of fused-ring (bicyclic) bond motifs is 5. The summed E-state index contributed by atoms with van der Waals surface area (Å²) in [6, 6.07) is 0. The molecule has 3 saturated carbocycles. The van der Waals surface area contributed by atoms with Gasteiger partial charge >= 0.3 is 0 Å². The van der Waals surface area contributed by atoms with E-state index in [1.165, 1.54) is 44.1 Å². The molecule has 0 aromatic carbocycles. The van der Waals surface area contributed by atoms with Gasteiger partial charge in [-0.3, -0.25) is 4.79 Å². The van der Waals surface area contributed by atoms with Crippen LogP contribution >= 0.6 is 0 Å². The highest BCUT2D eigenvalue weighted by Crippen LogP contribution is 2.68. The number of carbonyl (C=O) groups excluding carboxylic acids is 1. The lowest BCUT2D eigenvalue weighted by atomic mass is 9.46. The zero-order chi connectivity index (χ0) is 21.0. The second-order valence-electron chi connectivity index (χ2n) is 12.3. The van der Waals surface area contributed by atoms with Crippen LogP contribution in [-0.4, -0.2) is 16.5 Å². The van der Waals surface area contributed by atoms with Crippen molar-refractivity contribution in [1.29, 1.82) is 0 Å². The van der Waals surface area contributed by atoms with Crippen LogP contribution in [0, 0.1) is 40.4 Å². The zero-order valence-corrected chi connectivity index (χ0v) is 19.6. The highest BCUT2D eigenvalue weighted by Gasteiger charge is 2.61. The van der Waals surface area contributed by atoms with Gasteiger partial charge in [-0.15, -0.1) is 0 Å². The molecule has 4 aliphatic rings. The van der Waals surface area contributed by atoms with Crippen LogP contribution in [0.15, 0.2) is 11.6 Å². The monoisotopic (exact) mass is 400 g/mol. The van der Waals surface area contributed by atoms with Gasteiger partial charge in [-0.2, -0.15) is 0 Å². The summed E-state index contributed by atoms with van der Waals surface area (Å²) < 4.78 is 0. The minimum atomic E-state index is -0.522. The molecule has 7 atom stereocenters. The minimum absolute atomic E-state index is 0.260. The molecule has 2 heteroatoms. The van der Waals surface area contributed by atoms with E-state index in [2.05, 4.69) is 34.6 Å². The summed E-state index contributed by atoms with van der Waals surface area (Å²) >= 11 is 0. The van der Waals surface area contributed by atoms with Crippen molar-refractivity contribution in [3.05, 3.63) is 11.6 Å². The first-order valence-corrected chi connectivity index (χ1v) is 12.5. The van der Waals surface area contributed by atoms with E-state index >= 15 is 0 Å². The average molecular weight is 401 g/mol. The number of allylic oxidation sites excluding steroid dienone is 1. The zero-order valence-electron chi connectivity index (χ0n) is 19.6. The SMILES string of the molecule is CC(C)CCCC(C)(O)C1CCC2C3CCC4=CC(=O)CCC4(C)C3CCC21C. The fourth-order valence-corrected chi connectivity index (χ4v) is 8.62. The van der Waals surface area contributed by atoms with Gasteiger partial charge in [0.2, 0.25) is 0 Å². The van der Waals surface area contributed by atoms with Gasteiger partial charge in [-0.25, -0.2) is 0 Å². The Balaban J connectivity index is 1.53. The molecule has 3 fully saturated rings. The van der Waals surface area contributed by atoms with E-state index in [-0.39, 0.29) is 5.41 Å². The van der Waals surface area contributed by atoms with Gasteiger partial charge in [-0.1, -0.05) is 46.1 Å². The highest BCUT2D eigenvalue weighted by atomic mass is 16.3. The summed E-state index contributed by atoms with van der Waals surface area (Å²) in [6.07, 6.45) is 14.6. The predicted molar refractivity (Wildman–Crippen MR) is 120 cm³/mol. The third-order valence-electron chi connectivity index (χ3n) is 10.2. The quantitative estimate of drug-likeness (QED) is 0.556. The number of ketones is 1. The lowest BCUT2D eigenvalue weighted by Crippen LogP contribution is -2.53. The molecular formula is C27H44O2. The Kier molecular flexibility index (Phi) is 5.59. The Labute approximate surface area is 178 Å². The molecular weight excluding hydrogens is 356 g/mol. The molecule has 0 spiro atoms. The summed E-state index contributed by atoms with van der Waals surface area (Å²) in [7, 11) is 0. The minimum Gasteiger partial charge on any atom is -0.390 e. The van der Waals surface area contributed by atoms with Crippen molar-refractivity contribution in [2.45, 2.75) is 111 Å². The van der Waals surface area contributed by atoms with Crippen LogP contribution in [0.4, 0.5) is 0 Å². The van der Waals surface area contributed by atoms with Crippen LogP contribution in [0.3, 0.4) is 0 Å². The van der Waals surface area contributed by atoms with E-state index < -0.39 is 5.60 Å². The largest absolute Gasteiger partial charge is 0.390 e. The first-order chi connectivity index (χ1) is 13.6. The summed E-state index contributed by atoms with van der Waals surface area (Å²) in [5.74, 6) is 3.83. The third kappa shape index (κ3) is 3.56. The van der Waals surface area contributed by atoms with Crippen LogP contribution in [0.25, 0.3) is 0 Å². The highest BCUT2D eigenvalue weighted by molar-refractivity contribution is 5.91. The Morgan fingerprint density at radius 3 is 2.59 bits per heavy atom. The Morgan fingerprint density at radius 2 is 1.86 bits per heavy atom. The molecule has 0 aromatic heterocycles. The molecule has 0 radical (unpaired) electrons. The number of carbonyl (C=O) groups is 1. The van der Waals surface area contributed by atoms with Crippen molar-refractivity contribution in [3.8, 4) is 0 Å². The third-order valence-corrected chi connectivity index (χ3v) is 10.2. The van der Waals surface area contributed by atoms with Crippen molar-refractivity contribution in [2.75, 3.05) is 0 Å². The lowest BCUT2D eigenvalue weighted by molar-refractivity contribution is -0.120. The van der Waals surface area contributed by atoms with Gasteiger partial charge in [-0.05, 0) is 105 Å². The second-order valence-corrected chi connectivity index (χ2v) is 12.3. The number of hydrogen-bond acceptors (Lipinski definition) is 2. The Bertz CT molecular complexity index is 674. The molecule has 1 N–H and O–H groups in total. The van der Waals surface area contributed by atoms with Crippen molar-refractivity contribution in [3.63, 3.8) is 0 Å². The maximum atomic E-state index is 12.0. The first-order valence-electron chi connectivity index (χ1n) is 12.5. The van der Waals surface area contributed by atoms with Crippen molar-refractivity contribution in [1.82, 2.24) is 0 Å². The van der Waals surface area contributed by atoms with Gasteiger partial charge in [0, 0.05) is 6.42 Å². The normalized spacial score (nSPS) is 44.0. The molecule has 4 aliphatic carbocycles. The van der Waals surface area contributed by atoms with Crippen LogP contribution in [0.1, 0.15) is 105 Å².